The van der Waals surface area contributed by atoms with Crippen LogP contribution in [0.2, 0.25) is 0 Å². The summed E-state index contributed by atoms with van der Waals surface area (Å²) in [6.45, 7) is 5.83. The quantitative estimate of drug-likeness (QED) is 0.873. The van der Waals surface area contributed by atoms with Gasteiger partial charge in [0.25, 0.3) is 0 Å². The fourth-order valence-corrected chi connectivity index (χ4v) is 2.61. The molecule has 1 aromatic carbocycles. The molecule has 2 rings (SSSR count). The van der Waals surface area contributed by atoms with E-state index in [1.165, 1.54) is 0 Å². The lowest BCUT2D eigenvalue weighted by atomic mass is 9.94. The molecule has 0 aromatic heterocycles. The molecule has 0 aliphatic carbocycles. The highest BCUT2D eigenvalue weighted by atomic mass is 16.5. The monoisotopic (exact) mass is 295 g/mol. The van der Waals surface area contributed by atoms with Crippen molar-refractivity contribution in [2.45, 2.75) is 38.5 Å². The lowest BCUT2D eigenvalue weighted by Gasteiger charge is -2.29. The number of hydrogen-bond donors (Lipinski definition) is 1. The fourth-order valence-electron chi connectivity index (χ4n) is 2.61. The van der Waals surface area contributed by atoms with E-state index in [1.54, 1.807) is 21.3 Å². The van der Waals surface area contributed by atoms with Crippen LogP contribution in [0.25, 0.3) is 0 Å². The summed E-state index contributed by atoms with van der Waals surface area (Å²) in [5.41, 5.74) is 1.09. The number of hydrogen-bond acceptors (Lipinski definition) is 5. The summed E-state index contributed by atoms with van der Waals surface area (Å²) < 4.78 is 21.7. The fraction of sp³-hybridized carbons (Fsp3) is 0.625. The predicted molar refractivity (Wildman–Crippen MR) is 81.4 cm³/mol. The van der Waals surface area contributed by atoms with Gasteiger partial charge in [-0.05, 0) is 38.0 Å². The molecule has 1 aliphatic heterocycles. The van der Waals surface area contributed by atoms with Crippen molar-refractivity contribution in [2.24, 2.45) is 0 Å². The molecule has 1 heterocycles. The second-order valence-electron chi connectivity index (χ2n) is 5.57. The molecule has 21 heavy (non-hydrogen) atoms. The van der Waals surface area contributed by atoms with Crippen LogP contribution in [-0.4, -0.2) is 39.6 Å². The topological polar surface area (TPSA) is 49.0 Å². The van der Waals surface area contributed by atoms with Gasteiger partial charge in [0.15, 0.2) is 11.5 Å². The van der Waals surface area contributed by atoms with Gasteiger partial charge in [0, 0.05) is 18.7 Å². The Labute approximate surface area is 126 Å². The maximum Gasteiger partial charge on any atom is 0.203 e. The van der Waals surface area contributed by atoms with Gasteiger partial charge in [-0.2, -0.15) is 0 Å². The van der Waals surface area contributed by atoms with E-state index < -0.39 is 0 Å². The maximum absolute atomic E-state index is 5.65. The van der Waals surface area contributed by atoms with Gasteiger partial charge in [-0.3, -0.25) is 0 Å². The van der Waals surface area contributed by atoms with E-state index >= 15 is 0 Å². The molecule has 0 radical (unpaired) electrons. The third-order valence-corrected chi connectivity index (χ3v) is 4.31. The average molecular weight is 295 g/mol. The first-order valence-corrected chi connectivity index (χ1v) is 7.19. The Bertz CT molecular complexity index is 466. The zero-order valence-corrected chi connectivity index (χ0v) is 13.5. The Kier molecular flexibility index (Phi) is 4.96. The summed E-state index contributed by atoms with van der Waals surface area (Å²) in [5.74, 6) is 1.97. The molecule has 2 unspecified atom stereocenters. The molecule has 1 saturated heterocycles. The Morgan fingerprint density at radius 3 is 2.24 bits per heavy atom. The standard InChI is InChI=1S/C16H25NO4/c1-11-16(2,6-7-21-11)17-10-12-8-13(18-3)15(20-5)14(9-12)19-4/h8-9,11,17H,6-7,10H2,1-5H3. The zero-order valence-electron chi connectivity index (χ0n) is 13.5. The van der Waals surface area contributed by atoms with E-state index in [4.69, 9.17) is 18.9 Å². The second kappa shape index (κ2) is 6.54. The first-order chi connectivity index (χ1) is 10.0. The molecule has 0 spiro atoms. The van der Waals surface area contributed by atoms with Crippen molar-refractivity contribution in [2.75, 3.05) is 27.9 Å². The first kappa shape index (κ1) is 15.9. The van der Waals surface area contributed by atoms with Crippen LogP contribution in [0.5, 0.6) is 17.2 Å². The summed E-state index contributed by atoms with van der Waals surface area (Å²) in [6.07, 6.45) is 1.22. The largest absolute Gasteiger partial charge is 0.493 e. The Hall–Kier alpha value is -1.46. The van der Waals surface area contributed by atoms with Crippen molar-refractivity contribution in [3.63, 3.8) is 0 Å². The van der Waals surface area contributed by atoms with E-state index in [-0.39, 0.29) is 11.6 Å². The summed E-state index contributed by atoms with van der Waals surface area (Å²) in [4.78, 5) is 0. The van der Waals surface area contributed by atoms with Gasteiger partial charge in [0.05, 0.1) is 27.4 Å². The lowest BCUT2D eigenvalue weighted by molar-refractivity contribution is 0.0881. The summed E-state index contributed by atoms with van der Waals surface area (Å²) >= 11 is 0. The van der Waals surface area contributed by atoms with Crippen molar-refractivity contribution >= 4 is 0 Å². The minimum Gasteiger partial charge on any atom is -0.493 e. The van der Waals surface area contributed by atoms with Crippen LogP contribution in [-0.2, 0) is 11.3 Å². The molecule has 0 amide bonds. The molecule has 0 bridgehead atoms. The number of rotatable bonds is 6. The lowest BCUT2D eigenvalue weighted by Crippen LogP contribution is -2.47. The third kappa shape index (κ3) is 3.24. The van der Waals surface area contributed by atoms with Crippen molar-refractivity contribution < 1.29 is 18.9 Å². The minimum absolute atomic E-state index is 0.000395. The second-order valence-corrected chi connectivity index (χ2v) is 5.57. The first-order valence-electron chi connectivity index (χ1n) is 7.19. The van der Waals surface area contributed by atoms with E-state index in [0.717, 1.165) is 25.1 Å². The van der Waals surface area contributed by atoms with Crippen LogP contribution in [0.4, 0.5) is 0 Å². The van der Waals surface area contributed by atoms with Gasteiger partial charge in [0.2, 0.25) is 5.75 Å². The van der Waals surface area contributed by atoms with E-state index in [9.17, 15) is 0 Å². The van der Waals surface area contributed by atoms with Crippen LogP contribution in [0, 0.1) is 0 Å². The van der Waals surface area contributed by atoms with Crippen LogP contribution in [0.3, 0.4) is 0 Å². The smallest absolute Gasteiger partial charge is 0.203 e. The van der Waals surface area contributed by atoms with Crippen LogP contribution >= 0.6 is 0 Å². The maximum atomic E-state index is 5.65. The SMILES string of the molecule is COc1cc(CNC2(C)CCOC2C)cc(OC)c1OC. The van der Waals surface area contributed by atoms with E-state index in [1.807, 2.05) is 12.1 Å². The van der Waals surface area contributed by atoms with Gasteiger partial charge in [-0.15, -0.1) is 0 Å². The molecule has 1 N–H and O–H groups in total. The molecule has 0 saturated carbocycles. The molecule has 118 valence electrons. The van der Waals surface area contributed by atoms with Crippen molar-refractivity contribution in [3.8, 4) is 17.2 Å². The summed E-state index contributed by atoms with van der Waals surface area (Å²) in [5, 5.41) is 3.59. The van der Waals surface area contributed by atoms with Crippen LogP contribution in [0.15, 0.2) is 12.1 Å². The van der Waals surface area contributed by atoms with Crippen LogP contribution < -0.4 is 19.5 Å². The van der Waals surface area contributed by atoms with Gasteiger partial charge in [-0.1, -0.05) is 0 Å². The van der Waals surface area contributed by atoms with Gasteiger partial charge >= 0.3 is 0 Å². The third-order valence-electron chi connectivity index (χ3n) is 4.31. The number of nitrogens with one attached hydrogen (secondary N) is 1. The van der Waals surface area contributed by atoms with Crippen molar-refractivity contribution in [3.05, 3.63) is 17.7 Å². The molecule has 1 fully saturated rings. The Morgan fingerprint density at radius 2 is 1.81 bits per heavy atom. The summed E-state index contributed by atoms with van der Waals surface area (Å²) in [7, 11) is 4.86. The highest BCUT2D eigenvalue weighted by molar-refractivity contribution is 5.53. The Balaban J connectivity index is 2.17. The van der Waals surface area contributed by atoms with Crippen molar-refractivity contribution in [1.82, 2.24) is 5.32 Å². The molecule has 1 aromatic rings. The minimum atomic E-state index is 0.000395. The Morgan fingerprint density at radius 1 is 1.19 bits per heavy atom. The number of ether oxygens (including phenoxy) is 4. The number of methoxy groups -OCH3 is 3. The molecular formula is C16H25NO4. The highest BCUT2D eigenvalue weighted by Crippen LogP contribution is 2.38. The van der Waals surface area contributed by atoms with Crippen molar-refractivity contribution in [1.29, 1.82) is 0 Å². The number of benzene rings is 1. The van der Waals surface area contributed by atoms with E-state index in [0.29, 0.717) is 17.2 Å². The molecule has 1 aliphatic rings. The van der Waals surface area contributed by atoms with Gasteiger partial charge < -0.3 is 24.3 Å². The zero-order chi connectivity index (χ0) is 15.5. The van der Waals surface area contributed by atoms with E-state index in [2.05, 4.69) is 19.2 Å². The normalized spacial score (nSPS) is 24.9. The van der Waals surface area contributed by atoms with Gasteiger partial charge in [-0.25, -0.2) is 0 Å². The predicted octanol–water partition coefficient (Wildman–Crippen LogP) is 2.37. The van der Waals surface area contributed by atoms with Crippen LogP contribution in [0.1, 0.15) is 25.8 Å². The van der Waals surface area contributed by atoms with Gasteiger partial charge in [0.1, 0.15) is 0 Å². The molecular weight excluding hydrogens is 270 g/mol. The molecule has 2 atom stereocenters. The molecule has 5 heteroatoms. The summed E-state index contributed by atoms with van der Waals surface area (Å²) in [6, 6.07) is 3.94. The highest BCUT2D eigenvalue weighted by Gasteiger charge is 2.36. The molecule has 5 nitrogen and oxygen atoms in total. The average Bonchev–Trinajstić information content (AvgIpc) is 2.83.